The lowest BCUT2D eigenvalue weighted by atomic mass is 9.96. The highest BCUT2D eigenvalue weighted by Gasteiger charge is 2.35. The monoisotopic (exact) mass is 210 g/mol. The second-order valence-corrected chi connectivity index (χ2v) is 5.19. The van der Waals surface area contributed by atoms with Gasteiger partial charge in [0.25, 0.3) is 0 Å². The molecule has 2 fully saturated rings. The maximum atomic E-state index is 3.51. The molecule has 1 saturated carbocycles. The minimum Gasteiger partial charge on any atom is -0.315 e. The van der Waals surface area contributed by atoms with Gasteiger partial charge in [-0.15, -0.1) is 0 Å². The zero-order valence-corrected chi connectivity index (χ0v) is 10.3. The molecule has 0 aromatic carbocycles. The molecule has 1 aliphatic heterocycles. The number of nitrogens with one attached hydrogen (secondary N) is 1. The van der Waals surface area contributed by atoms with Crippen LogP contribution in [0.3, 0.4) is 0 Å². The first-order chi connectivity index (χ1) is 7.36. The smallest absolute Gasteiger partial charge is 0.0252 e. The van der Waals surface area contributed by atoms with Crippen LogP contribution in [0.15, 0.2) is 0 Å². The topological polar surface area (TPSA) is 15.3 Å². The number of hydrogen-bond donors (Lipinski definition) is 1. The number of likely N-dealkylation sites (tertiary alicyclic amines) is 1. The van der Waals surface area contributed by atoms with Crippen LogP contribution < -0.4 is 5.32 Å². The molecule has 2 heteroatoms. The van der Waals surface area contributed by atoms with Crippen LogP contribution in [0, 0.1) is 0 Å². The average Bonchev–Trinajstić information content (AvgIpc) is 2.76. The first-order valence-corrected chi connectivity index (χ1v) is 6.79. The summed E-state index contributed by atoms with van der Waals surface area (Å²) in [4.78, 5) is 2.82. The van der Waals surface area contributed by atoms with Crippen molar-refractivity contribution in [3.63, 3.8) is 0 Å². The van der Waals surface area contributed by atoms with Gasteiger partial charge in [0.1, 0.15) is 0 Å². The summed E-state index contributed by atoms with van der Waals surface area (Å²) >= 11 is 0. The van der Waals surface area contributed by atoms with Gasteiger partial charge in [-0.25, -0.2) is 0 Å². The van der Waals surface area contributed by atoms with Crippen LogP contribution in [0.25, 0.3) is 0 Å². The molecular weight excluding hydrogens is 184 g/mol. The Hall–Kier alpha value is -0.0800. The van der Waals surface area contributed by atoms with Gasteiger partial charge in [-0.05, 0) is 45.7 Å². The molecule has 0 aromatic heterocycles. The maximum absolute atomic E-state index is 3.51. The van der Waals surface area contributed by atoms with Crippen LogP contribution in [0.2, 0.25) is 0 Å². The van der Waals surface area contributed by atoms with E-state index in [0.717, 1.165) is 18.1 Å². The fraction of sp³-hybridized carbons (Fsp3) is 1.00. The Bertz CT molecular complexity index is 193. The van der Waals surface area contributed by atoms with E-state index in [1.54, 1.807) is 0 Å². The van der Waals surface area contributed by atoms with Crippen molar-refractivity contribution >= 4 is 0 Å². The molecule has 88 valence electrons. The summed E-state index contributed by atoms with van der Waals surface area (Å²) in [7, 11) is 2.13. The van der Waals surface area contributed by atoms with Gasteiger partial charge >= 0.3 is 0 Å². The number of rotatable bonds is 3. The Morgan fingerprint density at radius 3 is 2.73 bits per heavy atom. The molecule has 1 N–H and O–H groups in total. The van der Waals surface area contributed by atoms with Gasteiger partial charge < -0.3 is 5.32 Å². The van der Waals surface area contributed by atoms with Gasteiger partial charge in [0.05, 0.1) is 0 Å². The zero-order chi connectivity index (χ0) is 10.7. The van der Waals surface area contributed by atoms with E-state index < -0.39 is 0 Å². The van der Waals surface area contributed by atoms with E-state index in [1.807, 2.05) is 0 Å². The van der Waals surface area contributed by atoms with Gasteiger partial charge in [0.15, 0.2) is 0 Å². The highest BCUT2D eigenvalue weighted by atomic mass is 15.2. The van der Waals surface area contributed by atoms with Crippen molar-refractivity contribution in [1.29, 1.82) is 0 Å². The summed E-state index contributed by atoms with van der Waals surface area (Å²) in [6.07, 6.45) is 9.87. The molecule has 1 saturated heterocycles. The predicted molar refractivity (Wildman–Crippen MR) is 65.1 cm³/mol. The minimum atomic E-state index is 0.761. The summed E-state index contributed by atoms with van der Waals surface area (Å²) in [6, 6.07) is 2.47. The van der Waals surface area contributed by atoms with Crippen molar-refractivity contribution in [2.24, 2.45) is 0 Å². The Labute approximate surface area is 94.4 Å². The van der Waals surface area contributed by atoms with Crippen molar-refractivity contribution in [1.82, 2.24) is 10.2 Å². The van der Waals surface area contributed by atoms with Gasteiger partial charge in [0, 0.05) is 18.1 Å². The van der Waals surface area contributed by atoms with Crippen LogP contribution in [0.1, 0.15) is 51.9 Å². The second-order valence-electron chi connectivity index (χ2n) is 5.19. The van der Waals surface area contributed by atoms with Crippen molar-refractivity contribution in [3.05, 3.63) is 0 Å². The van der Waals surface area contributed by atoms with Crippen molar-refractivity contribution < 1.29 is 0 Å². The third-order valence-corrected chi connectivity index (χ3v) is 4.42. The molecule has 3 atom stereocenters. The quantitative estimate of drug-likeness (QED) is 0.769. The summed E-state index contributed by atoms with van der Waals surface area (Å²) in [6.45, 7) is 3.70. The van der Waals surface area contributed by atoms with Gasteiger partial charge in [-0.3, -0.25) is 4.90 Å². The molecule has 1 aliphatic carbocycles. The number of hydrogen-bond acceptors (Lipinski definition) is 2. The molecule has 0 spiro atoms. The van der Waals surface area contributed by atoms with Gasteiger partial charge in [0.2, 0.25) is 0 Å². The fourth-order valence-corrected chi connectivity index (χ4v) is 3.57. The molecule has 2 rings (SSSR count). The summed E-state index contributed by atoms with van der Waals surface area (Å²) in [5.74, 6) is 0. The average molecular weight is 210 g/mol. The lowest BCUT2D eigenvalue weighted by molar-refractivity contribution is 0.0813. The summed E-state index contributed by atoms with van der Waals surface area (Å²) < 4.78 is 0. The number of piperidine rings is 1. The molecule has 0 aromatic rings. The lowest BCUT2D eigenvalue weighted by Crippen LogP contribution is -2.52. The second kappa shape index (κ2) is 5.31. The standard InChI is InChI=1S/C13H26N2/c1-3-11-7-4-5-10-15(11)13-9-6-8-12(13)14-2/h11-14H,3-10H2,1-2H3. The molecule has 15 heavy (non-hydrogen) atoms. The van der Waals surface area contributed by atoms with Gasteiger partial charge in [-0.2, -0.15) is 0 Å². The Morgan fingerprint density at radius 1 is 1.13 bits per heavy atom. The summed E-state index contributed by atoms with van der Waals surface area (Å²) in [5, 5.41) is 3.51. The Balaban J connectivity index is 1.99. The third-order valence-electron chi connectivity index (χ3n) is 4.42. The maximum Gasteiger partial charge on any atom is 0.0252 e. The van der Waals surface area contributed by atoms with E-state index >= 15 is 0 Å². The fourth-order valence-electron chi connectivity index (χ4n) is 3.57. The summed E-state index contributed by atoms with van der Waals surface area (Å²) in [5.41, 5.74) is 0. The van der Waals surface area contributed by atoms with Crippen LogP contribution in [-0.2, 0) is 0 Å². The van der Waals surface area contributed by atoms with E-state index in [2.05, 4.69) is 24.2 Å². The van der Waals surface area contributed by atoms with E-state index in [0.29, 0.717) is 0 Å². The van der Waals surface area contributed by atoms with Gasteiger partial charge in [-0.1, -0.05) is 19.8 Å². The highest BCUT2D eigenvalue weighted by Crippen LogP contribution is 2.30. The van der Waals surface area contributed by atoms with Crippen molar-refractivity contribution in [2.75, 3.05) is 13.6 Å². The van der Waals surface area contributed by atoms with E-state index in [9.17, 15) is 0 Å². The lowest BCUT2D eigenvalue weighted by Gasteiger charge is -2.41. The molecular formula is C13H26N2. The van der Waals surface area contributed by atoms with Crippen LogP contribution in [-0.4, -0.2) is 36.6 Å². The predicted octanol–water partition coefficient (Wildman–Crippen LogP) is 2.39. The van der Waals surface area contributed by atoms with Crippen molar-refractivity contribution in [2.45, 2.75) is 70.0 Å². The first kappa shape index (κ1) is 11.4. The molecule has 1 heterocycles. The molecule has 2 aliphatic rings. The molecule has 0 bridgehead atoms. The number of likely N-dealkylation sites (N-methyl/N-ethyl adjacent to an activating group) is 1. The van der Waals surface area contributed by atoms with Crippen LogP contribution >= 0.6 is 0 Å². The van der Waals surface area contributed by atoms with E-state index in [1.165, 1.54) is 51.5 Å². The Morgan fingerprint density at radius 2 is 2.00 bits per heavy atom. The Kier molecular flexibility index (Phi) is 4.04. The molecule has 0 radical (unpaired) electrons. The third kappa shape index (κ3) is 2.36. The zero-order valence-electron chi connectivity index (χ0n) is 10.3. The van der Waals surface area contributed by atoms with E-state index in [-0.39, 0.29) is 0 Å². The highest BCUT2D eigenvalue weighted by molar-refractivity contribution is 4.93. The first-order valence-electron chi connectivity index (χ1n) is 6.79. The molecule has 2 nitrogen and oxygen atoms in total. The molecule has 3 unspecified atom stereocenters. The van der Waals surface area contributed by atoms with Crippen LogP contribution in [0.4, 0.5) is 0 Å². The normalized spacial score (nSPS) is 38.4. The largest absolute Gasteiger partial charge is 0.315 e. The SMILES string of the molecule is CCC1CCCCN1C1CCCC1NC. The van der Waals surface area contributed by atoms with Crippen molar-refractivity contribution in [3.8, 4) is 0 Å². The van der Waals surface area contributed by atoms with E-state index in [4.69, 9.17) is 0 Å². The van der Waals surface area contributed by atoms with Crippen LogP contribution in [0.5, 0.6) is 0 Å². The minimum absolute atomic E-state index is 0.761. The molecule has 0 amide bonds. The number of nitrogens with zero attached hydrogens (tertiary/aromatic N) is 1.